The molecule has 3 N–H and O–H groups in total. The monoisotopic (exact) mass is 428 g/mol. The van der Waals surface area contributed by atoms with Crippen molar-refractivity contribution < 1.29 is 27.4 Å². The minimum absolute atomic E-state index is 0.0131. The van der Waals surface area contributed by atoms with Crippen molar-refractivity contribution in [2.24, 2.45) is 5.10 Å². The lowest BCUT2D eigenvalue weighted by Gasteiger charge is -2.38. The molecule has 1 aromatic carbocycles. The zero-order chi connectivity index (χ0) is 21.4. The highest BCUT2D eigenvalue weighted by atomic mass is 19.4. The van der Waals surface area contributed by atoms with E-state index in [-0.39, 0.29) is 23.3 Å². The first kappa shape index (κ1) is 20.5. The Kier molecular flexibility index (Phi) is 5.36. The number of ether oxygens (including phenoxy) is 2. The second kappa shape index (κ2) is 7.84. The van der Waals surface area contributed by atoms with Gasteiger partial charge in [-0.05, 0) is 37.0 Å². The fourth-order valence-electron chi connectivity index (χ4n) is 4.06. The van der Waals surface area contributed by atoms with Crippen LogP contribution in [0.25, 0.3) is 0 Å². The van der Waals surface area contributed by atoms with Crippen LogP contribution >= 0.6 is 0 Å². The van der Waals surface area contributed by atoms with Gasteiger partial charge in [0.15, 0.2) is 0 Å². The van der Waals surface area contributed by atoms with Gasteiger partial charge < -0.3 is 14.4 Å². The third-order valence-electron chi connectivity index (χ3n) is 5.65. The van der Waals surface area contributed by atoms with Crippen LogP contribution in [0.4, 0.5) is 18.0 Å². The van der Waals surface area contributed by atoms with Gasteiger partial charge in [0.2, 0.25) is 5.96 Å². The zero-order valence-electron chi connectivity index (χ0n) is 16.3. The molecule has 1 atom stereocenters. The Morgan fingerprint density at radius 3 is 2.80 bits per heavy atom. The predicted octanol–water partition coefficient (Wildman–Crippen LogP) is 1.86. The van der Waals surface area contributed by atoms with Gasteiger partial charge in [-0.1, -0.05) is 12.1 Å². The number of hydrazone groups is 1. The maximum Gasteiger partial charge on any atom is 0.573 e. The number of amides is 2. The summed E-state index contributed by atoms with van der Waals surface area (Å²) < 4.78 is 47.6. The van der Waals surface area contributed by atoms with Crippen LogP contribution in [0.3, 0.4) is 0 Å². The molecule has 4 rings (SSSR count). The predicted molar refractivity (Wildman–Crippen MR) is 100.0 cm³/mol. The van der Waals surface area contributed by atoms with Crippen molar-refractivity contribution in [3.63, 3.8) is 0 Å². The molecule has 0 aromatic heterocycles. The minimum Gasteiger partial charge on any atom is -0.406 e. The maximum atomic E-state index is 12.5. The number of rotatable bonds is 2. The molecular weight excluding hydrogens is 405 g/mol. The van der Waals surface area contributed by atoms with Gasteiger partial charge in [-0.2, -0.15) is 0 Å². The Hall–Kier alpha value is -2.73. The summed E-state index contributed by atoms with van der Waals surface area (Å²) >= 11 is 0. The molecule has 30 heavy (non-hydrogen) atoms. The first-order chi connectivity index (χ1) is 14.2. The third-order valence-corrected chi connectivity index (χ3v) is 5.65. The second-order valence-corrected chi connectivity index (χ2v) is 7.65. The molecule has 164 valence electrons. The van der Waals surface area contributed by atoms with Crippen LogP contribution in [0, 0.1) is 0 Å². The number of halogens is 3. The van der Waals surface area contributed by atoms with Crippen LogP contribution in [0.5, 0.6) is 5.75 Å². The Morgan fingerprint density at radius 1 is 1.37 bits per heavy atom. The zero-order valence-corrected chi connectivity index (χ0v) is 16.3. The van der Waals surface area contributed by atoms with Crippen LogP contribution in [0.15, 0.2) is 29.4 Å². The number of guanidine groups is 1. The summed E-state index contributed by atoms with van der Waals surface area (Å²) in [4.78, 5) is 14.1. The van der Waals surface area contributed by atoms with E-state index in [0.717, 1.165) is 5.56 Å². The summed E-state index contributed by atoms with van der Waals surface area (Å²) in [6.07, 6.45) is -2.70. The number of alkyl halides is 3. The van der Waals surface area contributed by atoms with E-state index < -0.39 is 6.36 Å². The van der Waals surface area contributed by atoms with E-state index in [2.05, 4.69) is 26.2 Å². The Labute approximate surface area is 171 Å². The SMILES string of the molecule is CN1NNN=C1NC(=O)N1CCC2(CC1)CC(c1cccc(OC(F)(F)F)c1)CO2. The molecule has 3 heterocycles. The van der Waals surface area contributed by atoms with Gasteiger partial charge in [-0.25, -0.2) is 10.3 Å². The van der Waals surface area contributed by atoms with E-state index in [1.165, 1.54) is 12.1 Å². The van der Waals surface area contributed by atoms with E-state index in [9.17, 15) is 18.0 Å². The molecule has 0 radical (unpaired) electrons. The molecule has 1 unspecified atom stereocenters. The summed E-state index contributed by atoms with van der Waals surface area (Å²) in [5.74, 6) is 0.135. The van der Waals surface area contributed by atoms with Crippen molar-refractivity contribution >= 4 is 12.0 Å². The van der Waals surface area contributed by atoms with Gasteiger partial charge in [0.05, 0.1) is 12.2 Å². The fraction of sp³-hybridized carbons (Fsp3) is 0.556. The van der Waals surface area contributed by atoms with Crippen LogP contribution in [-0.2, 0) is 4.74 Å². The van der Waals surface area contributed by atoms with Crippen LogP contribution in [0.1, 0.15) is 30.7 Å². The number of hydrogen-bond donors (Lipinski definition) is 3. The van der Waals surface area contributed by atoms with Crippen molar-refractivity contribution in [2.75, 3.05) is 26.7 Å². The Balaban J connectivity index is 1.33. The van der Waals surface area contributed by atoms with E-state index >= 15 is 0 Å². The van der Waals surface area contributed by atoms with E-state index in [4.69, 9.17) is 4.74 Å². The number of nitrogens with one attached hydrogen (secondary N) is 3. The van der Waals surface area contributed by atoms with Crippen LogP contribution < -0.4 is 21.1 Å². The largest absolute Gasteiger partial charge is 0.573 e. The molecule has 3 aliphatic rings. The molecule has 0 saturated carbocycles. The summed E-state index contributed by atoms with van der Waals surface area (Å²) in [5, 5.41) is 8.19. The topological polar surface area (TPSA) is 90.5 Å². The quantitative estimate of drug-likeness (QED) is 0.666. The highest BCUT2D eigenvalue weighted by Crippen LogP contribution is 2.43. The molecule has 2 amide bonds. The highest BCUT2D eigenvalue weighted by Gasteiger charge is 2.44. The van der Waals surface area contributed by atoms with Crippen LogP contribution in [0.2, 0.25) is 0 Å². The lowest BCUT2D eigenvalue weighted by molar-refractivity contribution is -0.274. The number of hydrogen-bond acceptors (Lipinski definition) is 7. The van der Waals surface area contributed by atoms with Gasteiger partial charge in [0.1, 0.15) is 5.75 Å². The summed E-state index contributed by atoms with van der Waals surface area (Å²) in [6.45, 7) is 1.47. The standard InChI is InChI=1S/C18H23F3N6O3/c1-26-15(23-24-25-26)22-16(28)27-7-5-17(6-8-27)10-13(11-29-17)12-3-2-4-14(9-12)30-18(19,20)21/h2-4,9,13,24-25H,5-8,10-11H2,1H3,(H,22,23,28). The molecule has 0 aliphatic carbocycles. The number of hydrazine groups is 2. The fourth-order valence-corrected chi connectivity index (χ4v) is 4.06. The Morgan fingerprint density at radius 2 is 2.13 bits per heavy atom. The van der Waals surface area contributed by atoms with Gasteiger partial charge in [-0.15, -0.1) is 23.8 Å². The summed E-state index contributed by atoms with van der Waals surface area (Å²) in [6, 6.07) is 5.81. The lowest BCUT2D eigenvalue weighted by Crippen LogP contribution is -2.53. The van der Waals surface area contributed by atoms with Crippen molar-refractivity contribution in [2.45, 2.75) is 37.1 Å². The van der Waals surface area contributed by atoms with Gasteiger partial charge >= 0.3 is 12.4 Å². The molecule has 2 saturated heterocycles. The number of likely N-dealkylation sites (tertiary alicyclic amines) is 1. The average Bonchev–Trinajstić information content (AvgIpc) is 3.28. The first-order valence-electron chi connectivity index (χ1n) is 9.61. The summed E-state index contributed by atoms with van der Waals surface area (Å²) in [7, 11) is 1.71. The van der Waals surface area contributed by atoms with Gasteiger partial charge in [0.25, 0.3) is 0 Å². The maximum absolute atomic E-state index is 12.5. The normalized spacial score (nSPS) is 23.3. The number of carbonyl (C=O) groups excluding carboxylic acids is 1. The molecule has 12 heteroatoms. The van der Waals surface area contributed by atoms with Crippen molar-refractivity contribution in [1.29, 1.82) is 0 Å². The van der Waals surface area contributed by atoms with Gasteiger partial charge in [-0.3, -0.25) is 10.3 Å². The van der Waals surface area contributed by atoms with Gasteiger partial charge in [0, 0.05) is 26.1 Å². The van der Waals surface area contributed by atoms with E-state index in [1.54, 1.807) is 29.1 Å². The highest BCUT2D eigenvalue weighted by molar-refractivity contribution is 5.96. The lowest BCUT2D eigenvalue weighted by atomic mass is 9.83. The van der Waals surface area contributed by atoms with E-state index in [1.807, 2.05) is 0 Å². The first-order valence-corrected chi connectivity index (χ1v) is 9.61. The smallest absolute Gasteiger partial charge is 0.406 e. The van der Waals surface area contributed by atoms with Crippen molar-refractivity contribution in [3.05, 3.63) is 29.8 Å². The third kappa shape index (κ3) is 4.54. The molecular formula is C18H23F3N6O3. The van der Waals surface area contributed by atoms with E-state index in [0.29, 0.717) is 44.9 Å². The number of nitrogens with zero attached hydrogens (tertiary/aromatic N) is 3. The van der Waals surface area contributed by atoms with Crippen molar-refractivity contribution in [1.82, 2.24) is 26.3 Å². The minimum atomic E-state index is -4.72. The number of carbonyl (C=O) groups is 1. The second-order valence-electron chi connectivity index (χ2n) is 7.65. The molecule has 9 nitrogen and oxygen atoms in total. The number of piperidine rings is 1. The average molecular weight is 428 g/mol. The van der Waals surface area contributed by atoms with Crippen LogP contribution in [-0.4, -0.2) is 60.6 Å². The molecule has 0 bridgehead atoms. The molecule has 3 aliphatic heterocycles. The molecule has 1 aromatic rings. The number of urea groups is 1. The van der Waals surface area contributed by atoms with Crippen molar-refractivity contribution in [3.8, 4) is 5.75 Å². The molecule has 2 fully saturated rings. The molecule has 1 spiro atoms. The summed E-state index contributed by atoms with van der Waals surface area (Å²) in [5.41, 5.74) is 5.65. The Bertz CT molecular complexity index is 826. The number of benzene rings is 1.